The zero-order chi connectivity index (χ0) is 12.7. The van der Waals surface area contributed by atoms with Gasteiger partial charge in [0.2, 0.25) is 10.0 Å². The lowest BCUT2D eigenvalue weighted by molar-refractivity contribution is 0.470. The van der Waals surface area contributed by atoms with Gasteiger partial charge < -0.3 is 0 Å². The van der Waals surface area contributed by atoms with Gasteiger partial charge >= 0.3 is 0 Å². The van der Waals surface area contributed by atoms with Gasteiger partial charge in [0.25, 0.3) is 0 Å². The zero-order valence-corrected chi connectivity index (χ0v) is 10.0. The zero-order valence-electron chi connectivity index (χ0n) is 9.19. The third kappa shape index (κ3) is 4.13. The molecule has 1 rings (SSSR count). The maximum Gasteiger partial charge on any atom is 0.240 e. The number of rotatable bonds is 6. The summed E-state index contributed by atoms with van der Waals surface area (Å²) >= 11 is 0. The van der Waals surface area contributed by atoms with E-state index in [9.17, 15) is 12.8 Å². The molecule has 0 saturated carbocycles. The van der Waals surface area contributed by atoms with Gasteiger partial charge in [-0.2, -0.15) is 5.26 Å². The molecule has 0 atom stereocenters. The summed E-state index contributed by atoms with van der Waals surface area (Å²) in [5, 5.41) is 8.48. The van der Waals surface area contributed by atoms with Crippen molar-refractivity contribution in [2.45, 2.75) is 17.7 Å². The van der Waals surface area contributed by atoms with Crippen LogP contribution in [-0.4, -0.2) is 21.6 Å². The molecule has 0 heterocycles. The average Bonchev–Trinajstić information content (AvgIpc) is 2.30. The van der Waals surface area contributed by atoms with Crippen LogP contribution in [0, 0.1) is 11.3 Å². The average molecular weight is 256 g/mol. The van der Waals surface area contributed by atoms with Crippen LogP contribution in [-0.2, 0) is 16.4 Å². The number of hydrogen-bond acceptors (Lipinski definition) is 3. The summed E-state index contributed by atoms with van der Waals surface area (Å²) in [4.78, 5) is 0.123. The fourth-order valence-corrected chi connectivity index (χ4v) is 2.31. The molecule has 0 aliphatic rings. The molecule has 0 unspecified atom stereocenters. The number of nitrogens with zero attached hydrogens (tertiary/aromatic N) is 1. The van der Waals surface area contributed by atoms with Crippen molar-refractivity contribution in [2.75, 3.05) is 13.2 Å². The van der Waals surface area contributed by atoms with Crippen LogP contribution in [0.1, 0.15) is 12.0 Å². The van der Waals surface area contributed by atoms with Crippen LogP contribution in [0.2, 0.25) is 0 Å². The van der Waals surface area contributed by atoms with Crippen molar-refractivity contribution in [1.82, 2.24) is 4.72 Å². The van der Waals surface area contributed by atoms with Gasteiger partial charge in [0, 0.05) is 6.54 Å². The normalized spacial score (nSPS) is 11.1. The highest BCUT2D eigenvalue weighted by Gasteiger charge is 2.12. The molecule has 0 aromatic heterocycles. The lowest BCUT2D eigenvalue weighted by Gasteiger charge is -2.05. The van der Waals surface area contributed by atoms with Crippen LogP contribution in [0.5, 0.6) is 0 Å². The van der Waals surface area contributed by atoms with E-state index in [0.29, 0.717) is 0 Å². The Bertz CT molecular complexity index is 491. The van der Waals surface area contributed by atoms with Crippen molar-refractivity contribution < 1.29 is 12.8 Å². The maximum atomic E-state index is 11.8. The minimum absolute atomic E-state index is 0.0821. The summed E-state index contributed by atoms with van der Waals surface area (Å²) in [6, 6.07) is 8.03. The number of nitriles is 1. The summed E-state index contributed by atoms with van der Waals surface area (Å²) in [7, 11) is -3.56. The molecule has 6 heteroatoms. The lowest BCUT2D eigenvalue weighted by Crippen LogP contribution is -2.25. The van der Waals surface area contributed by atoms with Gasteiger partial charge in [0.15, 0.2) is 0 Å². The Morgan fingerprint density at radius 2 is 1.94 bits per heavy atom. The van der Waals surface area contributed by atoms with Crippen LogP contribution >= 0.6 is 0 Å². The van der Waals surface area contributed by atoms with Crippen molar-refractivity contribution in [3.63, 3.8) is 0 Å². The summed E-state index contributed by atoms with van der Waals surface area (Å²) in [6.45, 7) is -0.470. The number of benzene rings is 1. The van der Waals surface area contributed by atoms with Crippen molar-refractivity contribution in [2.24, 2.45) is 0 Å². The van der Waals surface area contributed by atoms with Gasteiger partial charge in [0.05, 0.1) is 24.1 Å². The smallest absolute Gasteiger partial charge is 0.240 e. The van der Waals surface area contributed by atoms with E-state index in [-0.39, 0.29) is 24.3 Å². The second-order valence-electron chi connectivity index (χ2n) is 3.42. The van der Waals surface area contributed by atoms with E-state index < -0.39 is 16.7 Å². The molecule has 1 aromatic rings. The number of sulfonamides is 1. The van der Waals surface area contributed by atoms with Gasteiger partial charge in [0.1, 0.15) is 0 Å². The topological polar surface area (TPSA) is 70.0 Å². The quantitative estimate of drug-likeness (QED) is 0.782. The number of nitrogens with one attached hydrogen (secondary N) is 1. The van der Waals surface area contributed by atoms with E-state index in [2.05, 4.69) is 4.72 Å². The van der Waals surface area contributed by atoms with Crippen LogP contribution in [0.15, 0.2) is 29.2 Å². The SMILES string of the molecule is N#CCc1ccc(S(=O)(=O)NCCCF)cc1. The van der Waals surface area contributed by atoms with E-state index in [1.54, 1.807) is 12.1 Å². The van der Waals surface area contributed by atoms with E-state index in [1.165, 1.54) is 12.1 Å². The predicted octanol–water partition coefficient (Wildman–Crippen LogP) is 1.39. The minimum Gasteiger partial charge on any atom is -0.251 e. The van der Waals surface area contributed by atoms with E-state index in [4.69, 9.17) is 5.26 Å². The van der Waals surface area contributed by atoms with Crippen LogP contribution < -0.4 is 4.72 Å². The first-order valence-corrected chi connectivity index (χ1v) is 6.60. The molecule has 1 aromatic carbocycles. The fourth-order valence-electron chi connectivity index (χ4n) is 1.23. The molecule has 4 nitrogen and oxygen atoms in total. The van der Waals surface area contributed by atoms with Crippen LogP contribution in [0.4, 0.5) is 4.39 Å². The van der Waals surface area contributed by atoms with Crippen molar-refractivity contribution >= 4 is 10.0 Å². The fraction of sp³-hybridized carbons (Fsp3) is 0.364. The van der Waals surface area contributed by atoms with Gasteiger partial charge in [-0.25, -0.2) is 13.1 Å². The van der Waals surface area contributed by atoms with Gasteiger partial charge in [-0.1, -0.05) is 12.1 Å². The summed E-state index contributed by atoms with van der Waals surface area (Å²) in [6.07, 6.45) is 0.404. The molecule has 0 saturated heterocycles. The Labute approximate surface area is 100 Å². The Morgan fingerprint density at radius 3 is 2.47 bits per heavy atom. The standard InChI is InChI=1S/C11H13FN2O2S/c12-7-1-9-14-17(15,16)11-4-2-10(3-5-11)6-8-13/h2-5,14H,1,6-7,9H2. The van der Waals surface area contributed by atoms with E-state index >= 15 is 0 Å². The number of hydrogen-bond donors (Lipinski definition) is 1. The molecular formula is C11H13FN2O2S. The second kappa shape index (κ2) is 6.33. The largest absolute Gasteiger partial charge is 0.251 e. The highest BCUT2D eigenvalue weighted by molar-refractivity contribution is 7.89. The molecule has 17 heavy (non-hydrogen) atoms. The molecule has 0 amide bonds. The Kier molecular flexibility index (Phi) is 5.07. The van der Waals surface area contributed by atoms with E-state index in [1.807, 2.05) is 6.07 Å². The molecular weight excluding hydrogens is 243 g/mol. The molecule has 92 valence electrons. The van der Waals surface area contributed by atoms with Gasteiger partial charge in [-0.3, -0.25) is 4.39 Å². The van der Waals surface area contributed by atoms with Crippen molar-refractivity contribution in [3.05, 3.63) is 29.8 Å². The first kappa shape index (κ1) is 13.6. The highest BCUT2D eigenvalue weighted by atomic mass is 32.2. The summed E-state index contributed by atoms with van der Waals surface area (Å²) < 4.78 is 37.5. The highest BCUT2D eigenvalue weighted by Crippen LogP contribution is 2.10. The third-order valence-electron chi connectivity index (χ3n) is 2.12. The second-order valence-corrected chi connectivity index (χ2v) is 5.19. The number of alkyl halides is 1. The van der Waals surface area contributed by atoms with Crippen molar-refractivity contribution in [1.29, 1.82) is 5.26 Å². The summed E-state index contributed by atoms with van der Waals surface area (Å²) in [5.41, 5.74) is 0.759. The molecule has 0 fully saturated rings. The molecule has 0 aliphatic carbocycles. The predicted molar refractivity (Wildman–Crippen MR) is 61.5 cm³/mol. The minimum atomic E-state index is -3.56. The lowest BCUT2D eigenvalue weighted by atomic mass is 10.2. The maximum absolute atomic E-state index is 11.8. The number of halogens is 1. The molecule has 1 N–H and O–H groups in total. The molecule has 0 radical (unpaired) electrons. The van der Waals surface area contributed by atoms with Crippen molar-refractivity contribution in [3.8, 4) is 6.07 Å². The van der Waals surface area contributed by atoms with Crippen LogP contribution in [0.25, 0.3) is 0 Å². The molecule has 0 bridgehead atoms. The first-order chi connectivity index (χ1) is 8.10. The monoisotopic (exact) mass is 256 g/mol. The van der Waals surface area contributed by atoms with E-state index in [0.717, 1.165) is 5.56 Å². The molecule has 0 aliphatic heterocycles. The Hall–Kier alpha value is -1.45. The van der Waals surface area contributed by atoms with Gasteiger partial charge in [-0.05, 0) is 24.1 Å². The first-order valence-electron chi connectivity index (χ1n) is 5.11. The Morgan fingerprint density at radius 1 is 1.29 bits per heavy atom. The third-order valence-corrected chi connectivity index (χ3v) is 3.60. The van der Waals surface area contributed by atoms with Gasteiger partial charge in [-0.15, -0.1) is 0 Å². The molecule has 0 spiro atoms. The Balaban J connectivity index is 2.75. The summed E-state index contributed by atoms with van der Waals surface area (Å²) in [5.74, 6) is 0. The van der Waals surface area contributed by atoms with Crippen LogP contribution in [0.3, 0.4) is 0 Å².